The first-order valence-corrected chi connectivity index (χ1v) is 7.53. The molecule has 2 aromatic carbocycles. The number of ether oxygens (including phenoxy) is 3. The Morgan fingerprint density at radius 1 is 0.952 bits per heavy atom. The quantitative estimate of drug-likeness (QED) is 0.706. The molecule has 0 aliphatic heterocycles. The first kappa shape index (κ1) is 16.0. The summed E-state index contributed by atoms with van der Waals surface area (Å²) >= 11 is 10.2. The van der Waals surface area contributed by atoms with Crippen molar-refractivity contribution in [3.8, 4) is 17.2 Å². The Kier molecular flexibility index (Phi) is 5.37. The summed E-state index contributed by atoms with van der Waals surface area (Å²) in [6, 6.07) is 11.3. The van der Waals surface area contributed by atoms with E-state index in [1.165, 1.54) is 0 Å². The molecule has 0 saturated heterocycles. The van der Waals surface area contributed by atoms with Crippen LogP contribution in [0.5, 0.6) is 17.2 Å². The predicted molar refractivity (Wildman–Crippen MR) is 87.9 cm³/mol. The summed E-state index contributed by atoms with van der Waals surface area (Å²) in [7, 11) is 4.86. The third-order valence-corrected chi connectivity index (χ3v) is 4.34. The van der Waals surface area contributed by atoms with Crippen LogP contribution in [0, 0.1) is 0 Å². The van der Waals surface area contributed by atoms with E-state index < -0.39 is 5.38 Å². The Bertz CT molecular complexity index is 609. The lowest BCUT2D eigenvalue weighted by Gasteiger charge is -2.19. The lowest BCUT2D eigenvalue weighted by molar-refractivity contribution is 0.386. The van der Waals surface area contributed by atoms with Crippen molar-refractivity contribution in [3.63, 3.8) is 0 Å². The molecule has 1 atom stereocenters. The van der Waals surface area contributed by atoms with E-state index in [0.29, 0.717) is 11.5 Å². The van der Waals surface area contributed by atoms with Gasteiger partial charge < -0.3 is 14.2 Å². The van der Waals surface area contributed by atoms with E-state index in [9.17, 15) is 0 Å². The van der Waals surface area contributed by atoms with Crippen molar-refractivity contribution >= 4 is 27.5 Å². The summed E-state index contributed by atoms with van der Waals surface area (Å²) in [4.78, 5) is 0. The van der Waals surface area contributed by atoms with Gasteiger partial charge in [-0.05, 0) is 29.8 Å². The molecule has 0 aliphatic carbocycles. The molecule has 1 unspecified atom stereocenters. The van der Waals surface area contributed by atoms with Crippen molar-refractivity contribution < 1.29 is 14.2 Å². The van der Waals surface area contributed by atoms with E-state index in [4.69, 9.17) is 25.8 Å². The second kappa shape index (κ2) is 7.05. The number of benzene rings is 2. The van der Waals surface area contributed by atoms with Gasteiger partial charge >= 0.3 is 0 Å². The number of halogens is 2. The van der Waals surface area contributed by atoms with E-state index >= 15 is 0 Å². The van der Waals surface area contributed by atoms with Crippen molar-refractivity contribution in [2.24, 2.45) is 0 Å². The molecule has 0 fully saturated rings. The Balaban J connectivity index is 2.51. The van der Waals surface area contributed by atoms with E-state index in [1.54, 1.807) is 21.3 Å². The Morgan fingerprint density at radius 2 is 1.57 bits per heavy atom. The van der Waals surface area contributed by atoms with E-state index in [2.05, 4.69) is 15.9 Å². The Labute approximate surface area is 137 Å². The number of hydrogen-bond donors (Lipinski definition) is 0. The number of hydrogen-bond acceptors (Lipinski definition) is 3. The van der Waals surface area contributed by atoms with E-state index in [1.807, 2.05) is 36.4 Å². The molecule has 0 bridgehead atoms. The zero-order valence-electron chi connectivity index (χ0n) is 12.0. The Hall–Kier alpha value is -1.39. The van der Waals surface area contributed by atoms with E-state index in [-0.39, 0.29) is 0 Å². The fourth-order valence-electron chi connectivity index (χ4n) is 2.13. The van der Waals surface area contributed by atoms with Crippen molar-refractivity contribution in [1.29, 1.82) is 0 Å². The molecule has 3 nitrogen and oxygen atoms in total. The van der Waals surface area contributed by atoms with Gasteiger partial charge in [0.1, 0.15) is 17.2 Å². The van der Waals surface area contributed by atoms with Gasteiger partial charge in [0.15, 0.2) is 0 Å². The molecule has 112 valence electrons. The van der Waals surface area contributed by atoms with Gasteiger partial charge in [-0.15, -0.1) is 11.6 Å². The van der Waals surface area contributed by atoms with Crippen LogP contribution in [-0.4, -0.2) is 21.3 Å². The average molecular weight is 372 g/mol. The molecular weight excluding hydrogens is 356 g/mol. The highest BCUT2D eigenvalue weighted by Gasteiger charge is 2.22. The zero-order valence-corrected chi connectivity index (χ0v) is 14.4. The van der Waals surface area contributed by atoms with Crippen molar-refractivity contribution in [1.82, 2.24) is 0 Å². The van der Waals surface area contributed by atoms with Crippen LogP contribution in [0.15, 0.2) is 40.9 Å². The van der Waals surface area contributed by atoms with Crippen LogP contribution in [0.4, 0.5) is 0 Å². The monoisotopic (exact) mass is 370 g/mol. The first-order chi connectivity index (χ1) is 10.1. The molecule has 5 heteroatoms. The van der Waals surface area contributed by atoms with Crippen LogP contribution in [0.2, 0.25) is 0 Å². The maximum atomic E-state index is 6.67. The largest absolute Gasteiger partial charge is 0.497 e. The molecule has 0 amide bonds. The molecule has 2 rings (SSSR count). The third kappa shape index (κ3) is 3.27. The molecule has 0 aromatic heterocycles. The highest BCUT2D eigenvalue weighted by Crippen LogP contribution is 2.43. The van der Waals surface area contributed by atoms with Gasteiger partial charge in [0, 0.05) is 4.47 Å². The normalized spacial score (nSPS) is 11.9. The molecule has 0 N–H and O–H groups in total. The molecule has 21 heavy (non-hydrogen) atoms. The van der Waals surface area contributed by atoms with Gasteiger partial charge in [-0.25, -0.2) is 0 Å². The summed E-state index contributed by atoms with van der Waals surface area (Å²) in [5.41, 5.74) is 1.72. The zero-order chi connectivity index (χ0) is 15.4. The van der Waals surface area contributed by atoms with Gasteiger partial charge in [0.2, 0.25) is 0 Å². The molecule has 2 aromatic rings. The summed E-state index contributed by atoms with van der Waals surface area (Å²) in [6.45, 7) is 0. The maximum absolute atomic E-state index is 6.67. The van der Waals surface area contributed by atoms with Crippen LogP contribution in [0.3, 0.4) is 0 Å². The number of rotatable bonds is 5. The fourth-order valence-corrected chi connectivity index (χ4v) is 3.25. The Morgan fingerprint density at radius 3 is 2.05 bits per heavy atom. The minimum Gasteiger partial charge on any atom is -0.497 e. The van der Waals surface area contributed by atoms with Crippen molar-refractivity contribution in [2.45, 2.75) is 5.38 Å². The smallest absolute Gasteiger partial charge is 0.127 e. The van der Waals surface area contributed by atoms with Crippen molar-refractivity contribution in [3.05, 3.63) is 52.0 Å². The van der Waals surface area contributed by atoms with Gasteiger partial charge in [0.05, 0.1) is 32.3 Å². The molecule has 0 heterocycles. The molecule has 0 radical (unpaired) electrons. The van der Waals surface area contributed by atoms with Gasteiger partial charge in [-0.1, -0.05) is 28.1 Å². The van der Waals surface area contributed by atoms with Gasteiger partial charge in [0.25, 0.3) is 0 Å². The molecule has 0 saturated carbocycles. The van der Waals surface area contributed by atoms with E-state index in [0.717, 1.165) is 21.3 Å². The summed E-state index contributed by atoms with van der Waals surface area (Å²) in [5, 5.41) is -0.406. The minimum atomic E-state index is -0.406. The number of methoxy groups -OCH3 is 3. The fraction of sp³-hybridized carbons (Fsp3) is 0.250. The van der Waals surface area contributed by atoms with Crippen LogP contribution < -0.4 is 14.2 Å². The SMILES string of the molecule is COc1ccc(C(Cl)c2c(OC)cccc2OC)c(Br)c1. The highest BCUT2D eigenvalue weighted by atomic mass is 79.9. The lowest BCUT2D eigenvalue weighted by Crippen LogP contribution is -2.02. The predicted octanol–water partition coefficient (Wildman–Crippen LogP) is 4.80. The second-order valence-corrected chi connectivity index (χ2v) is 5.62. The van der Waals surface area contributed by atoms with Gasteiger partial charge in [-0.2, -0.15) is 0 Å². The third-order valence-electron chi connectivity index (χ3n) is 3.20. The summed E-state index contributed by atoms with van der Waals surface area (Å²) in [5.74, 6) is 2.15. The minimum absolute atomic E-state index is 0.406. The van der Waals surface area contributed by atoms with Crippen LogP contribution in [-0.2, 0) is 0 Å². The average Bonchev–Trinajstić information content (AvgIpc) is 2.53. The van der Waals surface area contributed by atoms with Crippen LogP contribution in [0.25, 0.3) is 0 Å². The maximum Gasteiger partial charge on any atom is 0.127 e. The molecule has 0 spiro atoms. The molecular formula is C16H16BrClO3. The summed E-state index contributed by atoms with van der Waals surface area (Å²) < 4.78 is 16.9. The van der Waals surface area contributed by atoms with Gasteiger partial charge in [-0.3, -0.25) is 0 Å². The van der Waals surface area contributed by atoms with Crippen LogP contribution in [0.1, 0.15) is 16.5 Å². The van der Waals surface area contributed by atoms with Crippen LogP contribution >= 0.6 is 27.5 Å². The first-order valence-electron chi connectivity index (χ1n) is 6.30. The lowest BCUT2D eigenvalue weighted by atomic mass is 10.0. The van der Waals surface area contributed by atoms with Crippen molar-refractivity contribution in [2.75, 3.05) is 21.3 Å². The summed E-state index contributed by atoms with van der Waals surface area (Å²) in [6.07, 6.45) is 0. The second-order valence-electron chi connectivity index (χ2n) is 4.33. The standard InChI is InChI=1S/C16H16BrClO3/c1-19-10-7-8-11(12(17)9-10)16(18)15-13(20-2)5-4-6-14(15)21-3/h4-9,16H,1-3H3. The molecule has 0 aliphatic rings. The topological polar surface area (TPSA) is 27.7 Å². The highest BCUT2D eigenvalue weighted by molar-refractivity contribution is 9.10. The number of alkyl halides is 1.